The molecule has 2 aliphatic rings. The maximum absolute atomic E-state index is 10.4. The zero-order chi connectivity index (χ0) is 13.2. The van der Waals surface area contributed by atoms with Crippen molar-refractivity contribution in [1.82, 2.24) is 0 Å². The SMILES string of the molecule is Cc1ccc2c(c1)CCCN2CC(O)C1CCCC1. The van der Waals surface area contributed by atoms with E-state index in [2.05, 4.69) is 30.0 Å². The van der Waals surface area contributed by atoms with E-state index in [0.717, 1.165) is 13.1 Å². The summed E-state index contributed by atoms with van der Waals surface area (Å²) in [6, 6.07) is 6.74. The minimum atomic E-state index is -0.144. The molecule has 1 heterocycles. The first-order valence-electron chi connectivity index (χ1n) is 7.76. The van der Waals surface area contributed by atoms with E-state index in [0.29, 0.717) is 5.92 Å². The fourth-order valence-corrected chi connectivity index (χ4v) is 3.71. The molecule has 1 fully saturated rings. The highest BCUT2D eigenvalue weighted by Gasteiger charge is 2.26. The summed E-state index contributed by atoms with van der Waals surface area (Å²) >= 11 is 0. The maximum Gasteiger partial charge on any atom is 0.0743 e. The molecule has 1 aromatic carbocycles. The summed E-state index contributed by atoms with van der Waals surface area (Å²) in [5.41, 5.74) is 4.16. The summed E-state index contributed by atoms with van der Waals surface area (Å²) in [5, 5.41) is 10.4. The van der Waals surface area contributed by atoms with Gasteiger partial charge in [-0.2, -0.15) is 0 Å². The van der Waals surface area contributed by atoms with Crippen molar-refractivity contribution in [2.45, 2.75) is 51.6 Å². The number of β-amino-alcohol motifs (C(OH)–C–C–N with tert-alkyl or cyclic N) is 1. The second-order valence-electron chi connectivity index (χ2n) is 6.29. The molecule has 1 N–H and O–H groups in total. The Kier molecular flexibility index (Phi) is 3.79. The van der Waals surface area contributed by atoms with Crippen LogP contribution in [0.3, 0.4) is 0 Å². The number of benzene rings is 1. The Balaban J connectivity index is 1.72. The molecule has 0 amide bonds. The lowest BCUT2D eigenvalue weighted by molar-refractivity contribution is 0.116. The van der Waals surface area contributed by atoms with Gasteiger partial charge >= 0.3 is 0 Å². The third-order valence-corrected chi connectivity index (χ3v) is 4.80. The predicted molar refractivity (Wildman–Crippen MR) is 79.7 cm³/mol. The number of nitrogens with zero attached hydrogens (tertiary/aromatic N) is 1. The average Bonchev–Trinajstić information content (AvgIpc) is 2.92. The molecule has 1 unspecified atom stereocenters. The summed E-state index contributed by atoms with van der Waals surface area (Å²) in [4.78, 5) is 2.40. The number of aliphatic hydroxyl groups is 1. The molecule has 0 bridgehead atoms. The Labute approximate surface area is 116 Å². The van der Waals surface area contributed by atoms with Gasteiger partial charge in [0.1, 0.15) is 0 Å². The third kappa shape index (κ3) is 2.79. The lowest BCUT2D eigenvalue weighted by Crippen LogP contribution is -2.39. The van der Waals surface area contributed by atoms with Gasteiger partial charge in [-0.05, 0) is 50.2 Å². The first-order valence-corrected chi connectivity index (χ1v) is 7.76. The van der Waals surface area contributed by atoms with Crippen LogP contribution in [0.25, 0.3) is 0 Å². The van der Waals surface area contributed by atoms with Crippen molar-refractivity contribution >= 4 is 5.69 Å². The molecule has 19 heavy (non-hydrogen) atoms. The number of anilines is 1. The van der Waals surface area contributed by atoms with E-state index in [4.69, 9.17) is 0 Å². The molecule has 1 saturated carbocycles. The van der Waals surface area contributed by atoms with E-state index >= 15 is 0 Å². The Hall–Kier alpha value is -1.02. The molecule has 1 aliphatic carbocycles. The van der Waals surface area contributed by atoms with Crippen molar-refractivity contribution in [2.24, 2.45) is 5.92 Å². The Morgan fingerprint density at radius 1 is 1.26 bits per heavy atom. The van der Waals surface area contributed by atoms with Crippen molar-refractivity contribution in [3.05, 3.63) is 29.3 Å². The number of hydrogen-bond donors (Lipinski definition) is 1. The van der Waals surface area contributed by atoms with Crippen LogP contribution in [0, 0.1) is 12.8 Å². The summed E-state index contributed by atoms with van der Waals surface area (Å²) in [5.74, 6) is 0.538. The topological polar surface area (TPSA) is 23.5 Å². The van der Waals surface area contributed by atoms with Gasteiger partial charge in [-0.15, -0.1) is 0 Å². The monoisotopic (exact) mass is 259 g/mol. The zero-order valence-electron chi connectivity index (χ0n) is 11.9. The van der Waals surface area contributed by atoms with E-state index < -0.39 is 0 Å². The van der Waals surface area contributed by atoms with E-state index in [1.165, 1.54) is 55.3 Å². The van der Waals surface area contributed by atoms with Crippen LogP contribution in [0.2, 0.25) is 0 Å². The maximum atomic E-state index is 10.4. The fourth-order valence-electron chi connectivity index (χ4n) is 3.71. The van der Waals surface area contributed by atoms with Gasteiger partial charge in [-0.1, -0.05) is 30.5 Å². The van der Waals surface area contributed by atoms with Gasteiger partial charge in [-0.25, -0.2) is 0 Å². The lowest BCUT2D eigenvalue weighted by Gasteiger charge is -2.34. The first-order chi connectivity index (χ1) is 9.24. The minimum Gasteiger partial charge on any atom is -0.391 e. The van der Waals surface area contributed by atoms with Gasteiger partial charge in [0.05, 0.1) is 6.10 Å². The normalized spacial score (nSPS) is 21.5. The Morgan fingerprint density at radius 3 is 2.84 bits per heavy atom. The van der Waals surface area contributed by atoms with E-state index in [-0.39, 0.29) is 6.10 Å². The summed E-state index contributed by atoms with van der Waals surface area (Å²) in [7, 11) is 0. The summed E-state index contributed by atoms with van der Waals surface area (Å²) < 4.78 is 0. The van der Waals surface area contributed by atoms with Gasteiger partial charge in [0, 0.05) is 18.8 Å². The molecule has 0 saturated heterocycles. The van der Waals surface area contributed by atoms with Crippen LogP contribution in [-0.2, 0) is 6.42 Å². The van der Waals surface area contributed by atoms with Crippen LogP contribution in [0.5, 0.6) is 0 Å². The van der Waals surface area contributed by atoms with Crippen molar-refractivity contribution in [1.29, 1.82) is 0 Å². The van der Waals surface area contributed by atoms with Gasteiger partial charge < -0.3 is 10.0 Å². The minimum absolute atomic E-state index is 0.144. The quantitative estimate of drug-likeness (QED) is 0.900. The molecule has 1 aliphatic heterocycles. The number of fused-ring (bicyclic) bond motifs is 1. The molecule has 0 aromatic heterocycles. The molecule has 104 valence electrons. The molecule has 1 atom stereocenters. The van der Waals surface area contributed by atoms with E-state index in [1.54, 1.807) is 0 Å². The van der Waals surface area contributed by atoms with Gasteiger partial charge in [0.2, 0.25) is 0 Å². The third-order valence-electron chi connectivity index (χ3n) is 4.80. The number of hydrogen-bond acceptors (Lipinski definition) is 2. The molecule has 0 radical (unpaired) electrons. The molecule has 0 spiro atoms. The van der Waals surface area contributed by atoms with E-state index in [9.17, 15) is 5.11 Å². The van der Waals surface area contributed by atoms with Crippen molar-refractivity contribution in [2.75, 3.05) is 18.0 Å². The van der Waals surface area contributed by atoms with Crippen molar-refractivity contribution < 1.29 is 5.11 Å². The summed E-state index contributed by atoms with van der Waals surface area (Å²) in [6.45, 7) is 4.08. The van der Waals surface area contributed by atoms with E-state index in [1.807, 2.05) is 0 Å². The van der Waals surface area contributed by atoms with Crippen LogP contribution in [0.15, 0.2) is 18.2 Å². The Bertz CT molecular complexity index is 437. The second-order valence-corrected chi connectivity index (χ2v) is 6.29. The van der Waals surface area contributed by atoms with Crippen molar-refractivity contribution in [3.8, 4) is 0 Å². The van der Waals surface area contributed by atoms with Gasteiger partial charge in [0.25, 0.3) is 0 Å². The van der Waals surface area contributed by atoms with Gasteiger partial charge in [-0.3, -0.25) is 0 Å². The molecule has 3 rings (SSSR count). The largest absolute Gasteiger partial charge is 0.391 e. The second kappa shape index (κ2) is 5.54. The number of rotatable bonds is 3. The number of aliphatic hydroxyl groups excluding tert-OH is 1. The highest BCUT2D eigenvalue weighted by atomic mass is 16.3. The smallest absolute Gasteiger partial charge is 0.0743 e. The fraction of sp³-hybridized carbons (Fsp3) is 0.647. The van der Waals surface area contributed by atoms with Crippen molar-refractivity contribution in [3.63, 3.8) is 0 Å². The van der Waals surface area contributed by atoms with Crippen LogP contribution in [-0.4, -0.2) is 24.3 Å². The molecule has 2 heteroatoms. The molecular weight excluding hydrogens is 234 g/mol. The van der Waals surface area contributed by atoms with Crippen LogP contribution >= 0.6 is 0 Å². The average molecular weight is 259 g/mol. The lowest BCUT2D eigenvalue weighted by atomic mass is 9.96. The summed E-state index contributed by atoms with van der Waals surface area (Å²) in [6.07, 6.45) is 7.30. The van der Waals surface area contributed by atoms with Gasteiger partial charge in [0.15, 0.2) is 0 Å². The standard InChI is InChI=1S/C17H25NO/c1-13-8-9-16-15(11-13)7-4-10-18(16)12-17(19)14-5-2-3-6-14/h8-9,11,14,17,19H,2-7,10,12H2,1H3. The number of aryl methyl sites for hydroxylation is 2. The predicted octanol–water partition coefficient (Wildman–Crippen LogP) is 3.30. The molecule has 1 aromatic rings. The molecular formula is C17H25NO. The van der Waals surface area contributed by atoms with Crippen LogP contribution in [0.4, 0.5) is 5.69 Å². The Morgan fingerprint density at radius 2 is 2.05 bits per heavy atom. The van der Waals surface area contributed by atoms with Crippen LogP contribution < -0.4 is 4.90 Å². The highest BCUT2D eigenvalue weighted by molar-refractivity contribution is 5.56. The zero-order valence-corrected chi connectivity index (χ0v) is 11.9. The first kappa shape index (κ1) is 13.0. The van der Waals surface area contributed by atoms with Crippen LogP contribution in [0.1, 0.15) is 43.2 Å². The molecule has 2 nitrogen and oxygen atoms in total. The highest BCUT2D eigenvalue weighted by Crippen LogP contribution is 2.31.